The number of anilines is 2. The minimum atomic E-state index is -5.23. The molecule has 0 radical (unpaired) electrons. The molecule has 2 aromatic heterocycles. The maximum absolute atomic E-state index is 13.2. The summed E-state index contributed by atoms with van der Waals surface area (Å²) < 4.78 is 80.6. The summed E-state index contributed by atoms with van der Waals surface area (Å²) in [6, 6.07) is 7.92. The van der Waals surface area contributed by atoms with Gasteiger partial charge >= 0.3 is 12.4 Å². The first kappa shape index (κ1) is 22.9. The largest absolute Gasteiger partial charge is 0.433 e. The van der Waals surface area contributed by atoms with Crippen molar-refractivity contribution in [3.05, 3.63) is 53.3 Å². The monoisotopic (exact) mass is 455 g/mol. The maximum atomic E-state index is 13.2. The van der Waals surface area contributed by atoms with Crippen LogP contribution in [0.4, 0.5) is 37.8 Å². The summed E-state index contributed by atoms with van der Waals surface area (Å²) in [4.78, 5) is 16.8. The fourth-order valence-electron chi connectivity index (χ4n) is 3.05. The van der Waals surface area contributed by atoms with Crippen LogP contribution in [0.25, 0.3) is 10.9 Å². The molecule has 0 aliphatic rings. The van der Waals surface area contributed by atoms with Crippen molar-refractivity contribution < 1.29 is 31.1 Å². The van der Waals surface area contributed by atoms with Gasteiger partial charge < -0.3 is 14.8 Å². The standard InChI is InChI=1S/C20H15F6N5O/c1-30-6-5-11-7-12(3-4-15(11)30)31(2)17(32)10-28-18-13(9-27)14(19(21,22)23)8-16(29-18)20(24,25)26/h3-8H,10H2,1-2H3,(H,28,29). The molecular weight excluding hydrogens is 440 g/mol. The van der Waals surface area contributed by atoms with E-state index >= 15 is 0 Å². The lowest BCUT2D eigenvalue weighted by atomic mass is 10.1. The van der Waals surface area contributed by atoms with E-state index in [9.17, 15) is 31.1 Å². The van der Waals surface area contributed by atoms with Gasteiger partial charge in [-0.05, 0) is 30.3 Å². The normalized spacial score (nSPS) is 12.0. The summed E-state index contributed by atoms with van der Waals surface area (Å²) in [6.45, 7) is -0.691. The number of rotatable bonds is 4. The average Bonchev–Trinajstić information content (AvgIpc) is 3.09. The molecule has 3 aromatic rings. The lowest BCUT2D eigenvalue weighted by molar-refractivity contribution is -0.145. The van der Waals surface area contributed by atoms with Crippen LogP contribution < -0.4 is 10.2 Å². The van der Waals surface area contributed by atoms with Gasteiger partial charge in [0.1, 0.15) is 23.1 Å². The molecule has 0 aliphatic carbocycles. The number of fused-ring (bicyclic) bond motifs is 1. The molecule has 0 aliphatic heterocycles. The number of likely N-dealkylation sites (N-methyl/N-ethyl adjacent to an activating group) is 1. The Hall–Kier alpha value is -3.75. The average molecular weight is 455 g/mol. The van der Waals surface area contributed by atoms with Gasteiger partial charge in [-0.1, -0.05) is 0 Å². The molecule has 32 heavy (non-hydrogen) atoms. The van der Waals surface area contributed by atoms with Crippen LogP contribution in [0.1, 0.15) is 16.8 Å². The van der Waals surface area contributed by atoms with E-state index in [-0.39, 0.29) is 6.07 Å². The molecule has 0 fully saturated rings. The van der Waals surface area contributed by atoms with Crippen molar-refractivity contribution in [1.82, 2.24) is 9.55 Å². The first-order valence-corrected chi connectivity index (χ1v) is 8.98. The van der Waals surface area contributed by atoms with Crippen molar-refractivity contribution in [3.8, 4) is 6.07 Å². The number of aromatic nitrogens is 2. The number of nitriles is 1. The number of nitrogens with zero attached hydrogens (tertiary/aromatic N) is 4. The topological polar surface area (TPSA) is 74.0 Å². The molecule has 0 saturated heterocycles. The van der Waals surface area contributed by atoms with E-state index in [1.807, 2.05) is 23.9 Å². The van der Waals surface area contributed by atoms with Crippen molar-refractivity contribution in [3.63, 3.8) is 0 Å². The van der Waals surface area contributed by atoms with E-state index < -0.39 is 47.4 Å². The van der Waals surface area contributed by atoms with E-state index in [0.717, 1.165) is 10.9 Å². The van der Waals surface area contributed by atoms with Crippen molar-refractivity contribution in [2.24, 2.45) is 7.05 Å². The summed E-state index contributed by atoms with van der Waals surface area (Å²) in [5.74, 6) is -1.65. The molecule has 0 saturated carbocycles. The number of pyridine rings is 1. The molecule has 1 N–H and O–H groups in total. The van der Waals surface area contributed by atoms with Crippen LogP contribution in [0, 0.1) is 11.3 Å². The van der Waals surface area contributed by atoms with Crippen LogP contribution in [-0.4, -0.2) is 29.1 Å². The van der Waals surface area contributed by atoms with Gasteiger partial charge in [0, 0.05) is 36.9 Å². The van der Waals surface area contributed by atoms with Crippen LogP contribution in [0.3, 0.4) is 0 Å². The molecule has 6 nitrogen and oxygen atoms in total. The van der Waals surface area contributed by atoms with Gasteiger partial charge in [-0.15, -0.1) is 0 Å². The quantitative estimate of drug-likeness (QED) is 0.586. The molecule has 0 bridgehead atoms. The SMILES string of the molecule is CN(C(=O)CNc1nc(C(F)(F)F)cc(C(F)(F)F)c1C#N)c1ccc2c(ccn2C)c1. The Morgan fingerprint density at radius 3 is 2.44 bits per heavy atom. The predicted octanol–water partition coefficient (Wildman–Crippen LogP) is 4.56. The van der Waals surface area contributed by atoms with Crippen LogP contribution in [0.15, 0.2) is 36.5 Å². The fourth-order valence-corrected chi connectivity index (χ4v) is 3.05. The minimum absolute atomic E-state index is 0.229. The van der Waals surface area contributed by atoms with Crippen LogP contribution in [0.5, 0.6) is 0 Å². The van der Waals surface area contributed by atoms with Crippen LogP contribution in [0.2, 0.25) is 0 Å². The zero-order valence-corrected chi connectivity index (χ0v) is 16.6. The lowest BCUT2D eigenvalue weighted by Gasteiger charge is -2.20. The Morgan fingerprint density at radius 1 is 1.16 bits per heavy atom. The van der Waals surface area contributed by atoms with Gasteiger partial charge in [-0.25, -0.2) is 4.98 Å². The van der Waals surface area contributed by atoms with E-state index in [2.05, 4.69) is 10.3 Å². The minimum Gasteiger partial charge on any atom is -0.360 e. The second-order valence-electron chi connectivity index (χ2n) is 6.86. The molecule has 2 heterocycles. The molecule has 12 heteroatoms. The first-order valence-electron chi connectivity index (χ1n) is 8.98. The Kier molecular flexibility index (Phi) is 5.78. The highest BCUT2D eigenvalue weighted by Crippen LogP contribution is 2.38. The van der Waals surface area contributed by atoms with Crippen molar-refractivity contribution in [2.45, 2.75) is 12.4 Å². The summed E-state index contributed by atoms with van der Waals surface area (Å²) in [7, 11) is 3.24. The molecule has 3 rings (SSSR count). The van der Waals surface area contributed by atoms with Crippen LogP contribution >= 0.6 is 0 Å². The number of amides is 1. The van der Waals surface area contributed by atoms with E-state index in [0.29, 0.717) is 5.69 Å². The first-order chi connectivity index (χ1) is 14.8. The summed E-state index contributed by atoms with van der Waals surface area (Å²) >= 11 is 0. The number of nitrogens with one attached hydrogen (secondary N) is 1. The van der Waals surface area contributed by atoms with Crippen LogP contribution in [-0.2, 0) is 24.2 Å². The second-order valence-corrected chi connectivity index (χ2v) is 6.86. The van der Waals surface area contributed by atoms with Crippen molar-refractivity contribution in [2.75, 3.05) is 23.8 Å². The predicted molar refractivity (Wildman–Crippen MR) is 104 cm³/mol. The number of aryl methyl sites for hydroxylation is 1. The van der Waals surface area contributed by atoms with Gasteiger partial charge in [-0.2, -0.15) is 31.6 Å². The number of hydrogen-bond acceptors (Lipinski definition) is 4. The zero-order chi connectivity index (χ0) is 23.8. The maximum Gasteiger partial charge on any atom is 0.433 e. The number of hydrogen-bond donors (Lipinski definition) is 1. The Morgan fingerprint density at radius 2 is 1.84 bits per heavy atom. The van der Waals surface area contributed by atoms with Crippen molar-refractivity contribution in [1.29, 1.82) is 5.26 Å². The second kappa shape index (κ2) is 8.07. The summed E-state index contributed by atoms with van der Waals surface area (Å²) in [5.41, 5.74) is -3.39. The molecule has 0 atom stereocenters. The van der Waals surface area contributed by atoms with Gasteiger partial charge in [-0.3, -0.25) is 4.79 Å². The van der Waals surface area contributed by atoms with Gasteiger partial charge in [0.25, 0.3) is 0 Å². The highest BCUT2D eigenvalue weighted by atomic mass is 19.4. The zero-order valence-electron chi connectivity index (χ0n) is 16.6. The van der Waals surface area contributed by atoms with Crippen molar-refractivity contribution >= 4 is 28.3 Å². The van der Waals surface area contributed by atoms with Gasteiger partial charge in [0.05, 0.1) is 12.1 Å². The summed E-state index contributed by atoms with van der Waals surface area (Å²) in [6.07, 6.45) is -8.59. The highest BCUT2D eigenvalue weighted by molar-refractivity contribution is 5.97. The van der Waals surface area contributed by atoms with Gasteiger partial charge in [0.15, 0.2) is 0 Å². The molecule has 0 spiro atoms. The Bertz CT molecular complexity index is 1220. The third-order valence-electron chi connectivity index (χ3n) is 4.76. The number of halogens is 6. The third kappa shape index (κ3) is 4.46. The summed E-state index contributed by atoms with van der Waals surface area (Å²) in [5, 5.41) is 12.1. The number of benzene rings is 1. The molecular formula is C20H15F6N5O. The smallest absolute Gasteiger partial charge is 0.360 e. The molecule has 168 valence electrons. The Balaban J connectivity index is 1.89. The van der Waals surface area contributed by atoms with E-state index in [1.165, 1.54) is 18.0 Å². The molecule has 1 aromatic carbocycles. The third-order valence-corrected chi connectivity index (χ3v) is 4.76. The van der Waals surface area contributed by atoms with E-state index in [1.54, 1.807) is 18.2 Å². The fraction of sp³-hybridized carbons (Fsp3) is 0.250. The molecule has 1 amide bonds. The van der Waals surface area contributed by atoms with E-state index in [4.69, 9.17) is 5.26 Å². The lowest BCUT2D eigenvalue weighted by Crippen LogP contribution is -2.32. The number of alkyl halides is 6. The van der Waals surface area contributed by atoms with Gasteiger partial charge in [0.2, 0.25) is 5.91 Å². The Labute approximate surface area is 177 Å². The molecule has 0 unspecified atom stereocenters. The highest BCUT2D eigenvalue weighted by Gasteiger charge is 2.41. The number of carbonyl (C=O) groups excluding carboxylic acids is 1. The number of carbonyl (C=O) groups is 1.